The van der Waals surface area contributed by atoms with E-state index in [1.807, 2.05) is 41.3 Å². The van der Waals surface area contributed by atoms with Crippen LogP contribution < -0.4 is 10.3 Å². The van der Waals surface area contributed by atoms with E-state index in [4.69, 9.17) is 0 Å². The highest BCUT2D eigenvalue weighted by Gasteiger charge is 2.43. The average molecular weight is 469 g/mol. The van der Waals surface area contributed by atoms with Crippen molar-refractivity contribution in [1.82, 2.24) is 10.2 Å². The first-order chi connectivity index (χ1) is 16.6. The molecule has 0 bridgehead atoms. The molecule has 1 unspecified atom stereocenters. The van der Waals surface area contributed by atoms with Gasteiger partial charge in [0.15, 0.2) is 5.82 Å². The third-order valence-electron chi connectivity index (χ3n) is 6.32. The molecule has 2 aliphatic rings. The average Bonchev–Trinajstić information content (AvgIpc) is 3.42. The quantitative estimate of drug-likeness (QED) is 0.371. The van der Waals surface area contributed by atoms with Crippen LogP contribution in [0, 0.1) is 0 Å². The summed E-state index contributed by atoms with van der Waals surface area (Å²) >= 11 is 1.67. The van der Waals surface area contributed by atoms with E-state index in [-0.39, 0.29) is 17.4 Å². The molecule has 1 amide bonds. The van der Waals surface area contributed by atoms with Crippen molar-refractivity contribution in [3.8, 4) is 11.5 Å². The third-order valence-corrected chi connectivity index (χ3v) is 7.28. The van der Waals surface area contributed by atoms with Crippen molar-refractivity contribution in [2.45, 2.75) is 12.5 Å². The van der Waals surface area contributed by atoms with Gasteiger partial charge in [-0.1, -0.05) is 30.3 Å². The van der Waals surface area contributed by atoms with Crippen LogP contribution in [-0.2, 0) is 11.2 Å². The van der Waals surface area contributed by atoms with Gasteiger partial charge in [-0.25, -0.2) is 4.99 Å². The Kier molecular flexibility index (Phi) is 4.85. The van der Waals surface area contributed by atoms with Crippen LogP contribution in [0.25, 0.3) is 15.8 Å². The maximum absolute atomic E-state index is 13.5. The number of hydrogen-bond donors (Lipinski definition) is 4. The molecular formula is C27H22N3O3S+. The molecule has 168 valence electrons. The fourth-order valence-electron chi connectivity index (χ4n) is 4.57. The molecule has 34 heavy (non-hydrogen) atoms. The van der Waals surface area contributed by atoms with Crippen molar-refractivity contribution in [2.75, 3.05) is 6.54 Å². The predicted octanol–water partition coefficient (Wildman–Crippen LogP) is 2.57. The second kappa shape index (κ2) is 8.04. The van der Waals surface area contributed by atoms with Gasteiger partial charge in [-0.3, -0.25) is 9.69 Å². The minimum Gasteiger partial charge on any atom is -0.508 e. The molecule has 0 spiro atoms. The van der Waals surface area contributed by atoms with Gasteiger partial charge >= 0.3 is 0 Å². The van der Waals surface area contributed by atoms with Crippen molar-refractivity contribution in [2.24, 2.45) is 0 Å². The Balaban J connectivity index is 1.44. The molecule has 2 aliphatic heterocycles. The van der Waals surface area contributed by atoms with Gasteiger partial charge in [0.2, 0.25) is 5.71 Å². The molecule has 1 aromatic heterocycles. The highest BCUT2D eigenvalue weighted by atomic mass is 32.1. The van der Waals surface area contributed by atoms with Crippen LogP contribution in [0.3, 0.4) is 0 Å². The van der Waals surface area contributed by atoms with Crippen molar-refractivity contribution < 1.29 is 20.0 Å². The molecule has 6 nitrogen and oxygen atoms in total. The molecule has 0 radical (unpaired) electrons. The molecule has 1 fully saturated rings. The number of rotatable bonds is 4. The van der Waals surface area contributed by atoms with Gasteiger partial charge < -0.3 is 15.5 Å². The molecule has 3 heterocycles. The number of thiophene rings is 1. The zero-order valence-electron chi connectivity index (χ0n) is 18.2. The van der Waals surface area contributed by atoms with Gasteiger partial charge in [0.25, 0.3) is 11.6 Å². The first-order valence-corrected chi connectivity index (χ1v) is 11.9. The zero-order valence-corrected chi connectivity index (χ0v) is 19.0. The molecule has 0 aliphatic carbocycles. The van der Waals surface area contributed by atoms with Crippen LogP contribution in [0.1, 0.15) is 16.7 Å². The summed E-state index contributed by atoms with van der Waals surface area (Å²) in [5, 5.41) is 26.1. The number of carbonyl (C=O) groups is 1. The normalized spacial score (nSPS) is 17.6. The van der Waals surface area contributed by atoms with Crippen molar-refractivity contribution in [1.29, 1.82) is 0 Å². The number of phenols is 2. The lowest BCUT2D eigenvalue weighted by Crippen LogP contribution is -2.75. The molecular weight excluding hydrogens is 446 g/mol. The van der Waals surface area contributed by atoms with Gasteiger partial charge in [-0.2, -0.15) is 0 Å². The zero-order chi connectivity index (χ0) is 23.2. The number of nitrogens with one attached hydrogen (secondary N) is 2. The lowest BCUT2D eigenvalue weighted by atomic mass is 10.0. The summed E-state index contributed by atoms with van der Waals surface area (Å²) in [5.74, 6) is 1.20. The smallest absolute Gasteiger partial charge is 0.253 e. The summed E-state index contributed by atoms with van der Waals surface area (Å²) in [6.45, 7) is 0.406. The molecule has 1 saturated heterocycles. The number of phenolic OH excluding ortho intramolecular Hbond substituents is 2. The third kappa shape index (κ3) is 3.50. The molecule has 1 atom stereocenters. The van der Waals surface area contributed by atoms with E-state index in [0.717, 1.165) is 39.3 Å². The Bertz CT molecular complexity index is 1470. The van der Waals surface area contributed by atoms with Gasteiger partial charge in [0, 0.05) is 27.5 Å². The maximum atomic E-state index is 13.5. The number of amides is 1. The number of aromatic hydroxyl groups is 2. The maximum Gasteiger partial charge on any atom is 0.253 e. The van der Waals surface area contributed by atoms with Crippen LogP contribution in [-0.4, -0.2) is 39.3 Å². The minimum atomic E-state index is -0.402. The predicted molar refractivity (Wildman–Crippen MR) is 132 cm³/mol. The van der Waals surface area contributed by atoms with Gasteiger partial charge in [0.05, 0.1) is 5.56 Å². The second-order valence-electron chi connectivity index (χ2n) is 8.51. The lowest BCUT2D eigenvalue weighted by molar-refractivity contribution is -0.349. The van der Waals surface area contributed by atoms with E-state index < -0.39 is 6.04 Å². The number of benzene rings is 3. The monoisotopic (exact) mass is 468 g/mol. The van der Waals surface area contributed by atoms with E-state index in [9.17, 15) is 15.0 Å². The van der Waals surface area contributed by atoms with E-state index in [0.29, 0.717) is 13.0 Å². The molecule has 0 saturated carbocycles. The topological polar surface area (TPSA) is 86.8 Å². The second-order valence-corrected chi connectivity index (χ2v) is 9.42. The highest BCUT2D eigenvalue weighted by molar-refractivity contribution is 7.17. The summed E-state index contributed by atoms with van der Waals surface area (Å²) in [4.78, 5) is 18.9. The molecule has 4 N–H and O–H groups in total. The first-order valence-electron chi connectivity index (χ1n) is 11.1. The summed E-state index contributed by atoms with van der Waals surface area (Å²) < 4.78 is 1.18. The highest BCUT2D eigenvalue weighted by Crippen LogP contribution is 2.32. The van der Waals surface area contributed by atoms with Gasteiger partial charge in [-0.15, -0.1) is 11.3 Å². The Hall–Kier alpha value is -4.10. The SMILES string of the molecule is O=C1C(Cc2ccc(O)cc2)NC2=C(c3csc4ccccc34)[NH+]=C(c3ccc(O)cc3)CN12. The molecule has 4 aromatic rings. The summed E-state index contributed by atoms with van der Waals surface area (Å²) in [6.07, 6.45) is 0.519. The number of carbonyl (C=O) groups excluding carboxylic acids is 1. The Morgan fingerprint density at radius 1 is 0.971 bits per heavy atom. The number of nitrogens with zero attached hydrogens (tertiary/aromatic N) is 1. The minimum absolute atomic E-state index is 0.0119. The van der Waals surface area contributed by atoms with Crippen LogP contribution >= 0.6 is 11.3 Å². The largest absolute Gasteiger partial charge is 0.508 e. The summed E-state index contributed by atoms with van der Waals surface area (Å²) in [7, 11) is 0. The fourth-order valence-corrected chi connectivity index (χ4v) is 5.53. The summed E-state index contributed by atoms with van der Waals surface area (Å²) in [6, 6.07) is 21.8. The lowest BCUT2D eigenvalue weighted by Gasteiger charge is -2.20. The van der Waals surface area contributed by atoms with E-state index in [1.54, 1.807) is 35.6 Å². The summed E-state index contributed by atoms with van der Waals surface area (Å²) in [5.41, 5.74) is 4.70. The van der Waals surface area contributed by atoms with Crippen LogP contribution in [0.15, 0.2) is 84.0 Å². The van der Waals surface area contributed by atoms with Crippen LogP contribution in [0.2, 0.25) is 0 Å². The van der Waals surface area contributed by atoms with E-state index >= 15 is 0 Å². The fraction of sp³-hybridized carbons (Fsp3) is 0.111. The van der Waals surface area contributed by atoms with Crippen molar-refractivity contribution >= 4 is 38.7 Å². The number of fused-ring (bicyclic) bond motifs is 2. The first kappa shape index (κ1) is 20.5. The molecule has 7 heteroatoms. The van der Waals surface area contributed by atoms with Gasteiger partial charge in [0.1, 0.15) is 24.1 Å². The van der Waals surface area contributed by atoms with Crippen LogP contribution in [0.4, 0.5) is 0 Å². The van der Waals surface area contributed by atoms with Crippen LogP contribution in [0.5, 0.6) is 11.5 Å². The Morgan fingerprint density at radius 3 is 2.44 bits per heavy atom. The van der Waals surface area contributed by atoms with Crippen molar-refractivity contribution in [3.63, 3.8) is 0 Å². The van der Waals surface area contributed by atoms with E-state index in [2.05, 4.69) is 27.8 Å². The Morgan fingerprint density at radius 2 is 1.68 bits per heavy atom. The Labute approximate surface area is 200 Å². The standard InChI is InChI=1S/C27H21N3O3S/c31-18-9-5-16(6-10-18)13-22-27(33)30-14-23(17-7-11-19(32)12-8-17)28-25(26(30)29-22)21-15-34-24-4-2-1-3-20(21)24/h1-12,15,22,29,31-32H,13-14H2/p+1. The molecule has 3 aromatic carbocycles. The van der Waals surface area contributed by atoms with Crippen molar-refractivity contribution in [3.05, 3.63) is 101 Å². The number of hydrogen-bond acceptors (Lipinski definition) is 5. The van der Waals surface area contributed by atoms with E-state index in [1.165, 1.54) is 4.70 Å². The molecule has 6 rings (SSSR count). The van der Waals surface area contributed by atoms with Gasteiger partial charge in [-0.05, 0) is 48.0 Å².